The maximum Gasteiger partial charge on any atom is 0.416 e. The van der Waals surface area contributed by atoms with Gasteiger partial charge in [0.15, 0.2) is 0 Å². The highest BCUT2D eigenvalue weighted by Crippen LogP contribution is 2.29. The van der Waals surface area contributed by atoms with E-state index in [2.05, 4.69) is 6.92 Å². The third-order valence-electron chi connectivity index (χ3n) is 7.58. The average molecular weight is 569 g/mol. The molecule has 0 saturated carbocycles. The first kappa shape index (κ1) is 33.6. The molecule has 0 aliphatic carbocycles. The molecule has 0 radical (unpaired) electrons. The molecule has 2 rings (SSSR count). The van der Waals surface area contributed by atoms with E-state index < -0.39 is 23.6 Å². The minimum absolute atomic E-state index is 0.00761. The van der Waals surface area contributed by atoms with Crippen LogP contribution in [0.3, 0.4) is 0 Å². The van der Waals surface area contributed by atoms with Gasteiger partial charge >= 0.3 is 18.1 Å². The minimum Gasteiger partial charge on any atom is -0.459 e. The zero-order valence-corrected chi connectivity index (χ0v) is 24.3. The van der Waals surface area contributed by atoms with Crippen LogP contribution >= 0.6 is 0 Å². The first-order valence-electron chi connectivity index (χ1n) is 15.1. The van der Waals surface area contributed by atoms with E-state index in [1.54, 1.807) is 6.92 Å². The quantitative estimate of drug-likeness (QED) is 0.121. The topological polar surface area (TPSA) is 66.9 Å². The number of carbonyl (C=O) groups is 3. The summed E-state index contributed by atoms with van der Waals surface area (Å²) < 4.78 is 43.6. The van der Waals surface area contributed by atoms with E-state index >= 15 is 0 Å². The van der Waals surface area contributed by atoms with Gasteiger partial charge in [-0.25, -0.2) is 4.79 Å². The van der Waals surface area contributed by atoms with Gasteiger partial charge in [0, 0.05) is 32.6 Å². The average Bonchev–Trinajstić information content (AvgIpc) is 2.93. The van der Waals surface area contributed by atoms with Gasteiger partial charge in [0.1, 0.15) is 0 Å². The van der Waals surface area contributed by atoms with Crippen molar-refractivity contribution in [2.24, 2.45) is 5.92 Å². The predicted molar refractivity (Wildman–Crippen MR) is 149 cm³/mol. The number of benzene rings is 1. The highest BCUT2D eigenvalue weighted by Gasteiger charge is 2.31. The number of ether oxygens (including phenoxy) is 1. The highest BCUT2D eigenvalue weighted by molar-refractivity contribution is 6.32. The summed E-state index contributed by atoms with van der Waals surface area (Å²) in [5.74, 6) is -1.53. The van der Waals surface area contributed by atoms with Gasteiger partial charge in [-0.3, -0.25) is 9.59 Å². The molecule has 0 unspecified atom stereocenters. The molecule has 1 heterocycles. The Labute approximate surface area is 237 Å². The van der Waals surface area contributed by atoms with Gasteiger partial charge in [-0.2, -0.15) is 13.2 Å². The number of likely N-dealkylation sites (tertiary alicyclic amines) is 1. The monoisotopic (exact) mass is 568 g/mol. The van der Waals surface area contributed by atoms with E-state index in [1.165, 1.54) is 68.4 Å². The summed E-state index contributed by atoms with van der Waals surface area (Å²) in [6.07, 6.45) is 9.74. The molecule has 1 aliphatic heterocycles. The highest BCUT2D eigenvalue weighted by atomic mass is 19.4. The Morgan fingerprint density at radius 3 is 1.95 bits per heavy atom. The molecule has 6 nitrogen and oxygen atoms in total. The minimum atomic E-state index is -4.45. The number of carbonyl (C=O) groups excluding carboxylic acids is 3. The molecule has 1 aromatic rings. The lowest BCUT2D eigenvalue weighted by Gasteiger charge is -2.35. The summed E-state index contributed by atoms with van der Waals surface area (Å²) in [7, 11) is 0. The Kier molecular flexibility index (Phi) is 15.1. The molecule has 1 saturated heterocycles. The second-order valence-electron chi connectivity index (χ2n) is 10.9. The molecule has 1 aliphatic rings. The third-order valence-corrected chi connectivity index (χ3v) is 7.58. The fourth-order valence-corrected chi connectivity index (χ4v) is 5.16. The number of nitrogens with zero attached hydrogens (tertiary/aromatic N) is 2. The van der Waals surface area contributed by atoms with Crippen LogP contribution in [0.1, 0.15) is 108 Å². The van der Waals surface area contributed by atoms with E-state index in [1.807, 2.05) is 4.90 Å². The number of rotatable bonds is 16. The number of unbranched alkanes of at least 4 members (excludes halogenated alkanes) is 9. The maximum atomic E-state index is 12.9. The maximum absolute atomic E-state index is 12.9. The first-order valence-corrected chi connectivity index (χ1v) is 15.1. The molecule has 40 heavy (non-hydrogen) atoms. The summed E-state index contributed by atoms with van der Waals surface area (Å²) in [5, 5.41) is 0. The van der Waals surface area contributed by atoms with Crippen molar-refractivity contribution < 1.29 is 32.3 Å². The number of hydrogen-bond donors (Lipinski definition) is 0. The zero-order chi connectivity index (χ0) is 29.4. The van der Waals surface area contributed by atoms with Gasteiger partial charge in [0.05, 0.1) is 12.2 Å². The Morgan fingerprint density at radius 2 is 1.43 bits per heavy atom. The summed E-state index contributed by atoms with van der Waals surface area (Å²) in [5.41, 5.74) is -0.274. The van der Waals surface area contributed by atoms with Crippen LogP contribution in [0.25, 0.3) is 0 Å². The Hall–Kier alpha value is -2.58. The standard InChI is InChI=1S/C31H47F3N2O4/c1-3-5-6-7-8-9-10-11-12-13-14-28(37)35-21-19-26(20-22-35)24-36(29(38)30(39)40-4-2)23-25-15-17-27(18-16-25)31(32,33)34/h15-18,26H,3-14,19-24H2,1-2H3. The van der Waals surface area contributed by atoms with Crippen LogP contribution in [0.2, 0.25) is 0 Å². The van der Waals surface area contributed by atoms with Crippen molar-refractivity contribution in [1.29, 1.82) is 0 Å². The Balaban J connectivity index is 1.78. The van der Waals surface area contributed by atoms with E-state index in [4.69, 9.17) is 4.74 Å². The molecular weight excluding hydrogens is 521 g/mol. The number of alkyl halides is 3. The van der Waals surface area contributed by atoms with Gasteiger partial charge in [-0.05, 0) is 49.8 Å². The van der Waals surface area contributed by atoms with Crippen molar-refractivity contribution in [2.75, 3.05) is 26.2 Å². The fourth-order valence-electron chi connectivity index (χ4n) is 5.16. The lowest BCUT2D eigenvalue weighted by molar-refractivity contribution is -0.160. The molecule has 2 amide bonds. The van der Waals surface area contributed by atoms with Crippen LogP contribution in [-0.4, -0.2) is 53.8 Å². The van der Waals surface area contributed by atoms with E-state index in [0.29, 0.717) is 37.9 Å². The Bertz CT molecular complexity index is 897. The van der Waals surface area contributed by atoms with Crippen molar-refractivity contribution in [3.8, 4) is 0 Å². The molecule has 0 N–H and O–H groups in total. The van der Waals surface area contributed by atoms with Crippen molar-refractivity contribution in [1.82, 2.24) is 9.80 Å². The summed E-state index contributed by atoms with van der Waals surface area (Å²) >= 11 is 0. The molecule has 1 fully saturated rings. The molecule has 9 heteroatoms. The smallest absolute Gasteiger partial charge is 0.416 e. The van der Waals surface area contributed by atoms with Crippen LogP contribution in [0.5, 0.6) is 0 Å². The van der Waals surface area contributed by atoms with Crippen LogP contribution in [0, 0.1) is 5.92 Å². The number of hydrogen-bond acceptors (Lipinski definition) is 4. The van der Waals surface area contributed by atoms with Gasteiger partial charge in [0.2, 0.25) is 5.91 Å². The lowest BCUT2D eigenvalue weighted by Crippen LogP contribution is -2.44. The third kappa shape index (κ3) is 12.3. The molecule has 226 valence electrons. The molecule has 0 aromatic heterocycles. The normalized spacial score (nSPS) is 14.3. The largest absolute Gasteiger partial charge is 0.459 e. The summed E-state index contributed by atoms with van der Waals surface area (Å²) in [6, 6.07) is 4.59. The van der Waals surface area contributed by atoms with Crippen LogP contribution in [0.4, 0.5) is 13.2 Å². The van der Waals surface area contributed by atoms with Gasteiger partial charge < -0.3 is 14.5 Å². The van der Waals surface area contributed by atoms with E-state index in [-0.39, 0.29) is 31.5 Å². The molecular formula is C31H47F3N2O4. The van der Waals surface area contributed by atoms with Crippen LogP contribution in [0.15, 0.2) is 24.3 Å². The van der Waals surface area contributed by atoms with Gasteiger partial charge in [0.25, 0.3) is 0 Å². The van der Waals surface area contributed by atoms with Crippen molar-refractivity contribution in [3.63, 3.8) is 0 Å². The molecule has 0 bridgehead atoms. The van der Waals surface area contributed by atoms with Crippen molar-refractivity contribution >= 4 is 17.8 Å². The fraction of sp³-hybridized carbons (Fsp3) is 0.710. The SMILES string of the molecule is CCCCCCCCCCCCC(=O)N1CCC(CN(Cc2ccc(C(F)(F)F)cc2)C(=O)C(=O)OCC)CC1. The number of amides is 2. The summed E-state index contributed by atoms with van der Waals surface area (Å²) in [4.78, 5) is 40.9. The molecule has 1 aromatic carbocycles. The first-order chi connectivity index (χ1) is 19.2. The van der Waals surface area contributed by atoms with Crippen molar-refractivity contribution in [2.45, 2.75) is 110 Å². The predicted octanol–water partition coefficient (Wildman–Crippen LogP) is 7.15. The zero-order valence-electron chi connectivity index (χ0n) is 24.3. The van der Waals surface area contributed by atoms with Crippen LogP contribution < -0.4 is 0 Å². The lowest BCUT2D eigenvalue weighted by atomic mass is 9.95. The van der Waals surface area contributed by atoms with Crippen LogP contribution in [-0.2, 0) is 31.8 Å². The molecule has 0 atom stereocenters. The van der Waals surface area contributed by atoms with Crippen molar-refractivity contribution in [3.05, 3.63) is 35.4 Å². The van der Waals surface area contributed by atoms with Gasteiger partial charge in [-0.15, -0.1) is 0 Å². The van der Waals surface area contributed by atoms with E-state index in [0.717, 1.165) is 25.0 Å². The summed E-state index contributed by atoms with van der Waals surface area (Å²) in [6.45, 7) is 5.37. The number of piperidine rings is 1. The second kappa shape index (κ2) is 18.0. The second-order valence-corrected chi connectivity index (χ2v) is 10.9. The number of esters is 1. The van der Waals surface area contributed by atoms with E-state index in [9.17, 15) is 27.6 Å². The number of halogens is 3. The van der Waals surface area contributed by atoms with Gasteiger partial charge in [-0.1, -0.05) is 76.8 Å². The molecule has 0 spiro atoms. The Morgan fingerprint density at radius 1 is 0.875 bits per heavy atom.